The van der Waals surface area contributed by atoms with Crippen molar-refractivity contribution in [2.45, 2.75) is 6.92 Å². The van der Waals surface area contributed by atoms with Crippen LogP contribution in [0.2, 0.25) is 0 Å². The molecule has 0 aliphatic carbocycles. The first-order valence-electron chi connectivity index (χ1n) is 12.5. The Kier molecular flexibility index (Phi) is 5.71. The Morgan fingerprint density at radius 3 is 1.58 bits per heavy atom. The highest BCUT2D eigenvalue weighted by molar-refractivity contribution is 6.24. The summed E-state index contributed by atoms with van der Waals surface area (Å²) < 4.78 is 0. The predicted molar refractivity (Wildman–Crippen MR) is 157 cm³/mol. The van der Waals surface area contributed by atoms with Crippen molar-refractivity contribution in [3.63, 3.8) is 0 Å². The normalized spacial score (nSPS) is 12.6. The first-order valence-corrected chi connectivity index (χ1v) is 12.5. The summed E-state index contributed by atoms with van der Waals surface area (Å²) in [6.07, 6.45) is 2.22. The van der Waals surface area contributed by atoms with Crippen LogP contribution in [0.3, 0.4) is 0 Å². The van der Waals surface area contributed by atoms with Crippen LogP contribution in [-0.4, -0.2) is 19.3 Å². The molecule has 0 aromatic heterocycles. The van der Waals surface area contributed by atoms with E-state index in [4.69, 9.17) is 4.99 Å². The van der Waals surface area contributed by atoms with Crippen LogP contribution in [0, 0.1) is 0 Å². The molecule has 6 aromatic carbocycles. The minimum atomic E-state index is 0.822. The Morgan fingerprint density at radius 2 is 1.06 bits per heavy atom. The third-order valence-electron chi connectivity index (χ3n) is 6.99. The van der Waals surface area contributed by atoms with Gasteiger partial charge in [-0.2, -0.15) is 0 Å². The maximum absolute atomic E-state index is 4.81. The van der Waals surface area contributed by atoms with Gasteiger partial charge in [0, 0.05) is 30.4 Å². The third kappa shape index (κ3) is 3.72. The first kappa shape index (κ1) is 22.1. The van der Waals surface area contributed by atoms with Crippen molar-refractivity contribution in [2.24, 2.45) is 4.99 Å². The van der Waals surface area contributed by atoms with Gasteiger partial charge in [-0.3, -0.25) is 4.99 Å². The summed E-state index contributed by atoms with van der Waals surface area (Å²) in [5.74, 6) is 0. The maximum atomic E-state index is 4.81. The highest BCUT2D eigenvalue weighted by Crippen LogP contribution is 2.33. The van der Waals surface area contributed by atoms with Crippen LogP contribution in [0.1, 0.15) is 18.1 Å². The van der Waals surface area contributed by atoms with Gasteiger partial charge in [0.25, 0.3) is 0 Å². The molecule has 2 heteroatoms. The zero-order valence-corrected chi connectivity index (χ0v) is 20.6. The fourth-order valence-electron chi connectivity index (χ4n) is 5.36. The number of nitrogens with zero attached hydrogens (tertiary/aromatic N) is 1. The van der Waals surface area contributed by atoms with Crippen molar-refractivity contribution in [1.82, 2.24) is 5.32 Å². The lowest BCUT2D eigenvalue weighted by Gasteiger charge is -2.17. The van der Waals surface area contributed by atoms with Crippen molar-refractivity contribution in [1.29, 1.82) is 0 Å². The molecule has 0 unspecified atom stereocenters. The number of nitrogens with one attached hydrogen (secondary N) is 1. The van der Waals surface area contributed by atoms with E-state index in [2.05, 4.69) is 128 Å². The highest BCUT2D eigenvalue weighted by Gasteiger charge is 2.14. The Morgan fingerprint density at radius 1 is 0.611 bits per heavy atom. The lowest BCUT2D eigenvalue weighted by molar-refractivity contribution is 0.942. The van der Waals surface area contributed by atoms with Gasteiger partial charge in [-0.15, -0.1) is 0 Å². The molecule has 0 bridgehead atoms. The summed E-state index contributed by atoms with van der Waals surface area (Å²) in [6.45, 7) is 2.97. The molecule has 0 aliphatic rings. The van der Waals surface area contributed by atoms with Gasteiger partial charge >= 0.3 is 0 Å². The second-order valence-corrected chi connectivity index (χ2v) is 9.08. The summed E-state index contributed by atoms with van der Waals surface area (Å²) >= 11 is 0. The fraction of sp³-hybridized carbons (Fsp3) is 0.0882. The average molecular weight is 465 g/mol. The van der Waals surface area contributed by atoms with Crippen LogP contribution in [0.15, 0.2) is 120 Å². The highest BCUT2D eigenvalue weighted by atomic mass is 14.9. The van der Waals surface area contributed by atoms with Crippen LogP contribution >= 0.6 is 0 Å². The summed E-state index contributed by atoms with van der Waals surface area (Å²) in [5.41, 5.74) is 4.38. The number of benzene rings is 6. The van der Waals surface area contributed by atoms with Gasteiger partial charge in [0.15, 0.2) is 0 Å². The SMILES string of the molecule is CCNC(=CC(=NC)c1cc2ccccc2c2ccccc12)c1cc2ccccc2c2ccccc12. The zero-order valence-electron chi connectivity index (χ0n) is 20.6. The van der Waals surface area contributed by atoms with E-state index < -0.39 is 0 Å². The number of hydrogen-bond acceptors (Lipinski definition) is 2. The lowest BCUT2D eigenvalue weighted by atomic mass is 9.92. The molecule has 0 atom stereocenters. The van der Waals surface area contributed by atoms with Crippen LogP contribution < -0.4 is 5.32 Å². The van der Waals surface area contributed by atoms with Gasteiger partial charge in [0.1, 0.15) is 0 Å². The summed E-state index contributed by atoms with van der Waals surface area (Å²) in [7, 11) is 1.89. The molecule has 36 heavy (non-hydrogen) atoms. The van der Waals surface area contributed by atoms with Gasteiger partial charge in [-0.1, -0.05) is 97.1 Å². The number of allylic oxidation sites excluding steroid dienone is 1. The van der Waals surface area contributed by atoms with Gasteiger partial charge in [0.05, 0.1) is 5.71 Å². The van der Waals surface area contributed by atoms with E-state index in [-0.39, 0.29) is 0 Å². The van der Waals surface area contributed by atoms with Crippen LogP contribution in [0.4, 0.5) is 0 Å². The van der Waals surface area contributed by atoms with Gasteiger partial charge in [-0.05, 0) is 68.2 Å². The van der Waals surface area contributed by atoms with E-state index in [1.54, 1.807) is 0 Å². The van der Waals surface area contributed by atoms with E-state index in [0.717, 1.165) is 23.5 Å². The lowest BCUT2D eigenvalue weighted by Crippen LogP contribution is -2.14. The Hall–Kier alpha value is -4.43. The summed E-state index contributed by atoms with van der Waals surface area (Å²) in [4.78, 5) is 4.81. The molecule has 0 heterocycles. The number of aliphatic imine (C=N–C) groups is 1. The molecule has 0 amide bonds. The number of hydrogen-bond donors (Lipinski definition) is 1. The van der Waals surface area contributed by atoms with Crippen molar-refractivity contribution in [3.05, 3.63) is 126 Å². The van der Waals surface area contributed by atoms with Crippen LogP contribution in [0.5, 0.6) is 0 Å². The van der Waals surface area contributed by atoms with Crippen LogP contribution in [0.25, 0.3) is 48.8 Å². The molecular formula is C34H28N2. The Bertz CT molecular complexity index is 1810. The standard InChI is InChI=1S/C34H28N2/c1-3-36-34(32-21-24-13-5-7-15-26(24)28-17-9-11-19-30(28)32)22-33(35-2)31-20-23-12-4-6-14-25(23)27-16-8-10-18-29(27)31/h4-22,36H,3H2,1-2H3. The smallest absolute Gasteiger partial charge is 0.0670 e. The molecule has 0 spiro atoms. The molecule has 0 radical (unpaired) electrons. The molecule has 0 saturated heterocycles. The summed E-state index contributed by atoms with van der Waals surface area (Å²) in [6, 6.07) is 39.1. The zero-order chi connectivity index (χ0) is 24.5. The number of fused-ring (bicyclic) bond motifs is 6. The van der Waals surface area contributed by atoms with E-state index in [1.807, 2.05) is 7.05 Å². The second-order valence-electron chi connectivity index (χ2n) is 9.08. The third-order valence-corrected chi connectivity index (χ3v) is 6.99. The van der Waals surface area contributed by atoms with Crippen molar-refractivity contribution >= 4 is 54.5 Å². The molecule has 6 rings (SSSR count). The van der Waals surface area contributed by atoms with E-state index in [9.17, 15) is 0 Å². The van der Waals surface area contributed by atoms with Gasteiger partial charge in [0.2, 0.25) is 0 Å². The molecule has 2 nitrogen and oxygen atoms in total. The van der Waals surface area contributed by atoms with Crippen molar-refractivity contribution in [2.75, 3.05) is 13.6 Å². The Labute approximate surface area is 211 Å². The van der Waals surface area contributed by atoms with Crippen LogP contribution in [-0.2, 0) is 0 Å². The molecule has 0 fully saturated rings. The average Bonchev–Trinajstić information content (AvgIpc) is 2.94. The molecular weight excluding hydrogens is 436 g/mol. The topological polar surface area (TPSA) is 24.4 Å². The van der Waals surface area contributed by atoms with Gasteiger partial charge < -0.3 is 5.32 Å². The maximum Gasteiger partial charge on any atom is 0.0670 e. The van der Waals surface area contributed by atoms with Crippen molar-refractivity contribution in [3.8, 4) is 0 Å². The number of rotatable bonds is 5. The molecule has 1 N–H and O–H groups in total. The molecule has 0 aliphatic heterocycles. The van der Waals surface area contributed by atoms with E-state index in [1.165, 1.54) is 48.7 Å². The predicted octanol–water partition coefficient (Wildman–Crippen LogP) is 8.37. The van der Waals surface area contributed by atoms with Crippen molar-refractivity contribution < 1.29 is 0 Å². The molecule has 6 aromatic rings. The second kappa shape index (κ2) is 9.31. The first-order chi connectivity index (χ1) is 17.8. The monoisotopic (exact) mass is 464 g/mol. The summed E-state index contributed by atoms with van der Waals surface area (Å²) in [5, 5.41) is 13.6. The fourth-order valence-corrected chi connectivity index (χ4v) is 5.36. The minimum absolute atomic E-state index is 0.822. The van der Waals surface area contributed by atoms with Gasteiger partial charge in [-0.25, -0.2) is 0 Å². The molecule has 174 valence electrons. The largest absolute Gasteiger partial charge is 0.385 e. The minimum Gasteiger partial charge on any atom is -0.385 e. The van der Waals surface area contributed by atoms with E-state index >= 15 is 0 Å². The molecule has 0 saturated carbocycles. The Balaban J connectivity index is 1.61. The quantitative estimate of drug-likeness (QED) is 0.201. The van der Waals surface area contributed by atoms with E-state index in [0.29, 0.717) is 0 Å².